The molecule has 1 aliphatic rings. The van der Waals surface area contributed by atoms with Crippen LogP contribution < -0.4 is 5.32 Å². The van der Waals surface area contributed by atoms with Crippen LogP contribution in [0.4, 0.5) is 4.79 Å². The summed E-state index contributed by atoms with van der Waals surface area (Å²) in [5.41, 5.74) is 0. The Hall–Kier alpha value is -1.82. The van der Waals surface area contributed by atoms with Crippen LogP contribution in [0.2, 0.25) is 0 Å². The predicted octanol–water partition coefficient (Wildman–Crippen LogP) is 2.88. The summed E-state index contributed by atoms with van der Waals surface area (Å²) in [6, 6.07) is 4.53. The van der Waals surface area contributed by atoms with Gasteiger partial charge in [0, 0.05) is 36.4 Å². The minimum absolute atomic E-state index is 0.0403. The average molecular weight is 304 g/mol. The van der Waals surface area contributed by atoms with Crippen molar-refractivity contribution >= 4 is 17.4 Å². The molecule has 1 N–H and O–H groups in total. The fourth-order valence-electron chi connectivity index (χ4n) is 2.84. The first-order valence-electron chi connectivity index (χ1n) is 7.30. The van der Waals surface area contributed by atoms with Crippen LogP contribution >= 0.6 is 11.3 Å². The molecule has 1 fully saturated rings. The first-order chi connectivity index (χ1) is 10.2. The van der Waals surface area contributed by atoms with E-state index in [0.717, 1.165) is 25.9 Å². The minimum Gasteiger partial charge on any atom is -0.335 e. The zero-order chi connectivity index (χ0) is 14.7. The van der Waals surface area contributed by atoms with Gasteiger partial charge in [0.05, 0.1) is 12.4 Å². The van der Waals surface area contributed by atoms with Gasteiger partial charge in [0.25, 0.3) is 0 Å². The fraction of sp³-hybridized carbons (Fsp3) is 0.467. The van der Waals surface area contributed by atoms with Gasteiger partial charge in [-0.2, -0.15) is 0 Å². The second-order valence-corrected chi connectivity index (χ2v) is 6.46. The summed E-state index contributed by atoms with van der Waals surface area (Å²) in [6.45, 7) is 3.60. The lowest BCUT2D eigenvalue weighted by molar-refractivity contribution is 0.189. The van der Waals surface area contributed by atoms with Crippen LogP contribution in [0, 0.1) is 0 Å². The minimum atomic E-state index is 0.0403. The number of rotatable bonds is 4. The van der Waals surface area contributed by atoms with Gasteiger partial charge in [-0.15, -0.1) is 11.3 Å². The van der Waals surface area contributed by atoms with E-state index in [1.807, 2.05) is 22.6 Å². The number of amides is 2. The van der Waals surface area contributed by atoms with Crippen molar-refractivity contribution in [1.29, 1.82) is 0 Å². The molecule has 0 radical (unpaired) electrons. The molecule has 0 unspecified atom stereocenters. The number of urea groups is 1. The van der Waals surface area contributed by atoms with Gasteiger partial charge in [-0.3, -0.25) is 0 Å². The second-order valence-electron chi connectivity index (χ2n) is 5.48. The highest BCUT2D eigenvalue weighted by atomic mass is 32.1. The van der Waals surface area contributed by atoms with Crippen molar-refractivity contribution in [2.75, 3.05) is 6.54 Å². The zero-order valence-electron chi connectivity index (χ0n) is 12.1. The van der Waals surface area contributed by atoms with E-state index in [-0.39, 0.29) is 18.1 Å². The van der Waals surface area contributed by atoms with Crippen molar-refractivity contribution in [2.45, 2.75) is 38.4 Å². The molecule has 3 heterocycles. The van der Waals surface area contributed by atoms with Crippen LogP contribution in [-0.4, -0.2) is 33.1 Å². The molecule has 2 amide bonds. The van der Waals surface area contributed by atoms with E-state index in [2.05, 4.69) is 27.8 Å². The number of likely N-dealkylation sites (tertiary alicyclic amines) is 1. The number of nitrogens with one attached hydrogen (secondary N) is 1. The van der Waals surface area contributed by atoms with Crippen LogP contribution in [0.15, 0.2) is 36.2 Å². The number of nitrogens with zero attached hydrogens (tertiary/aromatic N) is 3. The van der Waals surface area contributed by atoms with Gasteiger partial charge in [0.15, 0.2) is 0 Å². The van der Waals surface area contributed by atoms with Crippen LogP contribution in [0.25, 0.3) is 0 Å². The molecule has 5 nitrogen and oxygen atoms in total. The van der Waals surface area contributed by atoms with Crippen LogP contribution in [0.1, 0.15) is 30.7 Å². The van der Waals surface area contributed by atoms with Gasteiger partial charge in [-0.25, -0.2) is 9.78 Å². The number of aromatic nitrogens is 2. The highest BCUT2D eigenvalue weighted by molar-refractivity contribution is 7.10. The Morgan fingerprint density at radius 1 is 1.62 bits per heavy atom. The van der Waals surface area contributed by atoms with Gasteiger partial charge < -0.3 is 14.8 Å². The molecule has 0 saturated carbocycles. The quantitative estimate of drug-likeness (QED) is 0.944. The van der Waals surface area contributed by atoms with Crippen molar-refractivity contribution in [3.8, 4) is 0 Å². The maximum absolute atomic E-state index is 12.5. The summed E-state index contributed by atoms with van der Waals surface area (Å²) in [4.78, 5) is 19.8. The number of carbonyl (C=O) groups excluding carboxylic acids is 1. The molecule has 2 atom stereocenters. The Morgan fingerprint density at radius 2 is 2.52 bits per heavy atom. The molecular formula is C15H20N4OS. The summed E-state index contributed by atoms with van der Waals surface area (Å²) in [5.74, 6) is 0. The summed E-state index contributed by atoms with van der Waals surface area (Å²) in [5, 5.41) is 5.17. The molecule has 1 aliphatic heterocycles. The molecule has 21 heavy (non-hydrogen) atoms. The average Bonchev–Trinajstić information content (AvgIpc) is 3.20. The van der Waals surface area contributed by atoms with Crippen molar-refractivity contribution in [2.24, 2.45) is 0 Å². The number of carbonyl (C=O) groups is 1. The summed E-state index contributed by atoms with van der Waals surface area (Å²) in [7, 11) is 0. The number of thiophene rings is 1. The highest BCUT2D eigenvalue weighted by Gasteiger charge is 2.30. The van der Waals surface area contributed by atoms with E-state index in [1.54, 1.807) is 23.9 Å². The molecule has 0 aliphatic carbocycles. The van der Waals surface area contributed by atoms with E-state index >= 15 is 0 Å². The summed E-state index contributed by atoms with van der Waals surface area (Å²) >= 11 is 1.73. The first kappa shape index (κ1) is 14.1. The van der Waals surface area contributed by atoms with Gasteiger partial charge in [-0.05, 0) is 31.2 Å². The Bertz CT molecular complexity index is 567. The van der Waals surface area contributed by atoms with Crippen molar-refractivity contribution in [3.05, 3.63) is 41.1 Å². The highest BCUT2D eigenvalue weighted by Crippen LogP contribution is 2.34. The number of imidazole rings is 1. The lowest BCUT2D eigenvalue weighted by Gasteiger charge is -2.26. The van der Waals surface area contributed by atoms with E-state index in [4.69, 9.17) is 0 Å². The maximum Gasteiger partial charge on any atom is 0.318 e. The van der Waals surface area contributed by atoms with Gasteiger partial charge >= 0.3 is 6.03 Å². The predicted molar refractivity (Wildman–Crippen MR) is 83.2 cm³/mol. The molecule has 2 aromatic rings. The van der Waals surface area contributed by atoms with Crippen molar-refractivity contribution < 1.29 is 4.79 Å². The van der Waals surface area contributed by atoms with E-state index < -0.39 is 0 Å². The van der Waals surface area contributed by atoms with E-state index in [0.29, 0.717) is 0 Å². The smallest absolute Gasteiger partial charge is 0.318 e. The van der Waals surface area contributed by atoms with E-state index in [1.165, 1.54) is 4.88 Å². The maximum atomic E-state index is 12.5. The molecular weight excluding hydrogens is 284 g/mol. The topological polar surface area (TPSA) is 50.2 Å². The van der Waals surface area contributed by atoms with Crippen molar-refractivity contribution in [3.63, 3.8) is 0 Å². The molecule has 0 aromatic carbocycles. The lowest BCUT2D eigenvalue weighted by atomic mass is 10.2. The van der Waals surface area contributed by atoms with Crippen molar-refractivity contribution in [1.82, 2.24) is 19.8 Å². The van der Waals surface area contributed by atoms with E-state index in [9.17, 15) is 4.79 Å². The third-order valence-corrected chi connectivity index (χ3v) is 4.77. The Morgan fingerprint density at radius 3 is 3.24 bits per heavy atom. The normalized spacial score (nSPS) is 19.7. The Balaban J connectivity index is 1.59. The van der Waals surface area contributed by atoms with Gasteiger partial charge in [-0.1, -0.05) is 6.07 Å². The lowest BCUT2D eigenvalue weighted by Crippen LogP contribution is -2.44. The Kier molecular flexibility index (Phi) is 4.24. The SMILES string of the molecule is C[C@H](Cn1ccnc1)NC(=O)N1CCC[C@H]1c1cccs1. The third-order valence-electron chi connectivity index (χ3n) is 3.80. The molecule has 0 bridgehead atoms. The third kappa shape index (κ3) is 3.26. The molecule has 112 valence electrons. The molecule has 6 heteroatoms. The summed E-state index contributed by atoms with van der Waals surface area (Å²) < 4.78 is 1.98. The van der Waals surface area contributed by atoms with Crippen LogP contribution in [0.3, 0.4) is 0 Å². The fourth-order valence-corrected chi connectivity index (χ4v) is 3.71. The summed E-state index contributed by atoms with van der Waals surface area (Å²) in [6.07, 6.45) is 7.57. The van der Waals surface area contributed by atoms with Crippen LogP contribution in [-0.2, 0) is 6.54 Å². The number of hydrogen-bond donors (Lipinski definition) is 1. The molecule has 1 saturated heterocycles. The van der Waals surface area contributed by atoms with Gasteiger partial charge in [0.1, 0.15) is 0 Å². The largest absolute Gasteiger partial charge is 0.335 e. The first-order valence-corrected chi connectivity index (χ1v) is 8.18. The zero-order valence-corrected chi connectivity index (χ0v) is 12.9. The second kappa shape index (κ2) is 6.30. The number of hydrogen-bond acceptors (Lipinski definition) is 3. The van der Waals surface area contributed by atoms with Gasteiger partial charge in [0.2, 0.25) is 0 Å². The molecule has 2 aromatic heterocycles. The monoisotopic (exact) mass is 304 g/mol. The standard InChI is InChI=1S/C15H20N4OS/c1-12(10-18-8-6-16-11-18)17-15(20)19-7-2-4-13(19)14-5-3-9-21-14/h3,5-6,8-9,11-13H,2,4,7,10H2,1H3,(H,17,20)/t12-,13+/m1/s1. The molecule has 3 rings (SSSR count). The Labute approximate surface area is 128 Å². The van der Waals surface area contributed by atoms with Crippen LogP contribution in [0.5, 0.6) is 0 Å². The molecule has 0 spiro atoms.